The molecule has 0 aliphatic rings. The zero-order valence-electron chi connectivity index (χ0n) is 19.6. The number of halogens is 3. The lowest BCUT2D eigenvalue weighted by Gasteiger charge is -2.18. The van der Waals surface area contributed by atoms with E-state index in [0.717, 1.165) is 25.7 Å². The summed E-state index contributed by atoms with van der Waals surface area (Å²) in [6, 6.07) is 18.8. The second-order valence-corrected chi connectivity index (χ2v) is 8.08. The standard InChI is InChI=1S/C28H26F3NO3/c1-3-32(4-2)17-18-34-21-15-13-20(14-16-21)26(33)27-24(19-9-6-5-7-10-19)25-22(28(29,30)31)11-8-12-23(25)35-27/h5-16H,3-4,17-18H2,1-2H3. The first-order valence-corrected chi connectivity index (χ1v) is 11.5. The third-order valence-electron chi connectivity index (χ3n) is 5.98. The highest BCUT2D eigenvalue weighted by Crippen LogP contribution is 2.43. The van der Waals surface area contributed by atoms with E-state index in [1.807, 2.05) is 0 Å². The predicted octanol–water partition coefficient (Wildman–Crippen LogP) is 7.07. The van der Waals surface area contributed by atoms with Crippen molar-refractivity contribution in [1.82, 2.24) is 4.90 Å². The summed E-state index contributed by atoms with van der Waals surface area (Å²) in [4.78, 5) is 15.7. The van der Waals surface area contributed by atoms with Crippen molar-refractivity contribution in [3.63, 3.8) is 0 Å². The predicted molar refractivity (Wildman–Crippen MR) is 130 cm³/mol. The Morgan fingerprint density at radius 1 is 0.914 bits per heavy atom. The maximum Gasteiger partial charge on any atom is 0.417 e. The molecule has 0 amide bonds. The van der Waals surface area contributed by atoms with E-state index in [2.05, 4.69) is 18.7 Å². The van der Waals surface area contributed by atoms with Crippen LogP contribution in [0.4, 0.5) is 13.2 Å². The van der Waals surface area contributed by atoms with Crippen LogP contribution in [0, 0.1) is 0 Å². The van der Waals surface area contributed by atoms with Crippen molar-refractivity contribution in [2.45, 2.75) is 20.0 Å². The maximum absolute atomic E-state index is 13.8. The fourth-order valence-electron chi connectivity index (χ4n) is 4.09. The topological polar surface area (TPSA) is 42.7 Å². The number of carbonyl (C=O) groups is 1. The van der Waals surface area contributed by atoms with E-state index in [1.165, 1.54) is 12.1 Å². The molecule has 0 radical (unpaired) electrons. The molecule has 4 nitrogen and oxygen atoms in total. The summed E-state index contributed by atoms with van der Waals surface area (Å²) in [5, 5.41) is -0.120. The molecular weight excluding hydrogens is 455 g/mol. The second-order valence-electron chi connectivity index (χ2n) is 8.08. The molecule has 0 saturated heterocycles. The summed E-state index contributed by atoms with van der Waals surface area (Å²) in [5.74, 6) is -0.0121. The van der Waals surface area contributed by atoms with Crippen LogP contribution in [0.15, 0.2) is 77.2 Å². The summed E-state index contributed by atoms with van der Waals surface area (Å²) in [6.07, 6.45) is -4.60. The molecule has 1 aromatic heterocycles. The molecule has 0 bridgehead atoms. The fourth-order valence-corrected chi connectivity index (χ4v) is 4.09. The minimum absolute atomic E-state index is 0.0124. The Balaban J connectivity index is 1.70. The van der Waals surface area contributed by atoms with Gasteiger partial charge in [-0.2, -0.15) is 13.2 Å². The molecule has 0 saturated carbocycles. The number of nitrogens with zero attached hydrogens (tertiary/aromatic N) is 1. The zero-order chi connectivity index (χ0) is 25.0. The molecule has 0 atom stereocenters. The first-order chi connectivity index (χ1) is 16.8. The minimum atomic E-state index is -4.60. The third kappa shape index (κ3) is 5.25. The minimum Gasteiger partial charge on any atom is -0.492 e. The lowest BCUT2D eigenvalue weighted by Crippen LogP contribution is -2.27. The number of ether oxygens (including phenoxy) is 1. The van der Waals surface area contributed by atoms with Gasteiger partial charge in [0.25, 0.3) is 0 Å². The SMILES string of the molecule is CCN(CC)CCOc1ccc(C(=O)c2oc3cccc(C(F)(F)F)c3c2-c2ccccc2)cc1. The molecule has 4 aromatic rings. The zero-order valence-corrected chi connectivity index (χ0v) is 19.6. The number of likely N-dealkylation sites (N-methyl/N-ethyl adjacent to an activating group) is 1. The van der Waals surface area contributed by atoms with Crippen LogP contribution < -0.4 is 4.74 Å². The number of hydrogen-bond donors (Lipinski definition) is 0. The van der Waals surface area contributed by atoms with Gasteiger partial charge in [0.1, 0.15) is 17.9 Å². The van der Waals surface area contributed by atoms with Gasteiger partial charge in [0.2, 0.25) is 5.78 Å². The van der Waals surface area contributed by atoms with Crippen LogP contribution in [0.3, 0.4) is 0 Å². The van der Waals surface area contributed by atoms with E-state index in [0.29, 0.717) is 23.5 Å². The van der Waals surface area contributed by atoms with E-state index < -0.39 is 17.5 Å². The van der Waals surface area contributed by atoms with Crippen molar-refractivity contribution in [2.75, 3.05) is 26.2 Å². The molecule has 7 heteroatoms. The van der Waals surface area contributed by atoms with Gasteiger partial charge < -0.3 is 14.1 Å². The van der Waals surface area contributed by atoms with Gasteiger partial charge in [-0.15, -0.1) is 0 Å². The van der Waals surface area contributed by atoms with Crippen molar-refractivity contribution >= 4 is 16.8 Å². The third-order valence-corrected chi connectivity index (χ3v) is 5.98. The summed E-state index contributed by atoms with van der Waals surface area (Å²) in [7, 11) is 0. The van der Waals surface area contributed by atoms with Gasteiger partial charge in [-0.3, -0.25) is 4.79 Å². The molecule has 4 rings (SSSR count). The first kappa shape index (κ1) is 24.5. The number of fused-ring (bicyclic) bond motifs is 1. The van der Waals surface area contributed by atoms with Gasteiger partial charge >= 0.3 is 6.18 Å². The van der Waals surface area contributed by atoms with E-state index in [9.17, 15) is 18.0 Å². The van der Waals surface area contributed by atoms with Crippen LogP contribution in [-0.2, 0) is 6.18 Å². The van der Waals surface area contributed by atoms with Crippen molar-refractivity contribution in [3.8, 4) is 16.9 Å². The molecule has 3 aromatic carbocycles. The molecular formula is C28H26F3NO3. The maximum atomic E-state index is 13.8. The van der Waals surface area contributed by atoms with Crippen molar-refractivity contribution in [2.24, 2.45) is 0 Å². The van der Waals surface area contributed by atoms with E-state index in [-0.39, 0.29) is 22.3 Å². The van der Waals surface area contributed by atoms with E-state index in [1.54, 1.807) is 54.6 Å². The Bertz CT molecular complexity index is 1290. The van der Waals surface area contributed by atoms with Crippen molar-refractivity contribution in [1.29, 1.82) is 0 Å². The second kappa shape index (κ2) is 10.4. The van der Waals surface area contributed by atoms with Gasteiger partial charge in [-0.25, -0.2) is 0 Å². The summed E-state index contributed by atoms with van der Waals surface area (Å²) < 4.78 is 53.1. The Morgan fingerprint density at radius 3 is 2.23 bits per heavy atom. The van der Waals surface area contributed by atoms with Gasteiger partial charge in [0, 0.05) is 23.1 Å². The molecule has 0 unspecified atom stereocenters. The van der Waals surface area contributed by atoms with Crippen LogP contribution in [0.1, 0.15) is 35.5 Å². The molecule has 35 heavy (non-hydrogen) atoms. The Morgan fingerprint density at radius 2 is 1.60 bits per heavy atom. The highest BCUT2D eigenvalue weighted by molar-refractivity contribution is 6.16. The number of alkyl halides is 3. The molecule has 0 N–H and O–H groups in total. The van der Waals surface area contributed by atoms with Crippen LogP contribution >= 0.6 is 0 Å². The van der Waals surface area contributed by atoms with E-state index >= 15 is 0 Å². The van der Waals surface area contributed by atoms with Crippen LogP contribution in [0.2, 0.25) is 0 Å². The highest BCUT2D eigenvalue weighted by Gasteiger charge is 2.36. The quantitative estimate of drug-likeness (QED) is 0.240. The molecule has 1 heterocycles. The summed E-state index contributed by atoms with van der Waals surface area (Å²) in [6.45, 7) is 7.34. The first-order valence-electron chi connectivity index (χ1n) is 11.5. The monoisotopic (exact) mass is 481 g/mol. The lowest BCUT2D eigenvalue weighted by molar-refractivity contribution is -0.136. The number of rotatable bonds is 9. The van der Waals surface area contributed by atoms with Crippen LogP contribution in [0.5, 0.6) is 5.75 Å². The Kier molecular flexibility index (Phi) is 7.26. The number of benzene rings is 3. The van der Waals surface area contributed by atoms with Crippen molar-refractivity contribution in [3.05, 3.63) is 89.7 Å². The average molecular weight is 482 g/mol. The Labute approximate surface area is 201 Å². The number of ketones is 1. The summed E-state index contributed by atoms with van der Waals surface area (Å²) >= 11 is 0. The smallest absolute Gasteiger partial charge is 0.417 e. The van der Waals surface area contributed by atoms with Crippen molar-refractivity contribution < 1.29 is 27.1 Å². The van der Waals surface area contributed by atoms with Gasteiger partial charge in [0.05, 0.1) is 5.56 Å². The number of hydrogen-bond acceptors (Lipinski definition) is 4. The van der Waals surface area contributed by atoms with Gasteiger partial charge in [-0.05, 0) is 55.1 Å². The number of furan rings is 1. The highest BCUT2D eigenvalue weighted by atomic mass is 19.4. The average Bonchev–Trinajstić information content (AvgIpc) is 3.26. The molecule has 0 spiro atoms. The summed E-state index contributed by atoms with van der Waals surface area (Å²) in [5.41, 5.74) is 0.0820. The molecule has 0 aliphatic carbocycles. The van der Waals surface area contributed by atoms with E-state index in [4.69, 9.17) is 9.15 Å². The van der Waals surface area contributed by atoms with Gasteiger partial charge in [-0.1, -0.05) is 50.2 Å². The largest absolute Gasteiger partial charge is 0.492 e. The van der Waals surface area contributed by atoms with Crippen LogP contribution in [0.25, 0.3) is 22.1 Å². The lowest BCUT2D eigenvalue weighted by atomic mass is 9.95. The normalized spacial score (nSPS) is 11.8. The molecule has 0 fully saturated rings. The number of carbonyl (C=O) groups excluding carboxylic acids is 1. The molecule has 0 aliphatic heterocycles. The van der Waals surface area contributed by atoms with Crippen LogP contribution in [-0.4, -0.2) is 36.9 Å². The van der Waals surface area contributed by atoms with Gasteiger partial charge in [0.15, 0.2) is 5.76 Å². The molecule has 182 valence electrons. The Hall–Kier alpha value is -3.58. The fraction of sp³-hybridized carbons (Fsp3) is 0.250.